The van der Waals surface area contributed by atoms with Crippen LogP contribution in [0.15, 0.2) is 30.3 Å². The second-order valence-corrected chi connectivity index (χ2v) is 5.01. The third kappa shape index (κ3) is 2.49. The van der Waals surface area contributed by atoms with Crippen LogP contribution < -0.4 is 14.8 Å². The highest BCUT2D eigenvalue weighted by atomic mass is 19.3. The van der Waals surface area contributed by atoms with Gasteiger partial charge in [-0.25, -0.2) is 0 Å². The molecule has 22 heavy (non-hydrogen) atoms. The summed E-state index contributed by atoms with van der Waals surface area (Å²) in [6.07, 6.45) is -3.67. The largest absolute Gasteiger partial charge is 0.586 e. The molecule has 0 unspecified atom stereocenters. The first-order valence-corrected chi connectivity index (χ1v) is 6.65. The molecule has 0 atom stereocenters. The first kappa shape index (κ1) is 14.4. The van der Waals surface area contributed by atoms with Gasteiger partial charge in [0.15, 0.2) is 11.5 Å². The van der Waals surface area contributed by atoms with Gasteiger partial charge in [-0.15, -0.1) is 8.78 Å². The van der Waals surface area contributed by atoms with Crippen LogP contribution in [0.1, 0.15) is 21.7 Å². The van der Waals surface area contributed by atoms with Crippen molar-refractivity contribution in [2.75, 3.05) is 0 Å². The highest BCUT2D eigenvalue weighted by Gasteiger charge is 2.44. The number of halogens is 2. The standard InChI is InChI=1S/C15H14F2N2O3/c1-9-6-7-11(19(9)2)14(20)18-8-10-4-3-5-12-13(10)22-15(16,17)21-12/h3-7H,8H2,1-2H3,(H,18,20). The average molecular weight is 308 g/mol. The molecule has 2 aromatic rings. The average Bonchev–Trinajstić information content (AvgIpc) is 2.95. The van der Waals surface area contributed by atoms with Gasteiger partial charge in [-0.3, -0.25) is 4.79 Å². The Morgan fingerprint density at radius 3 is 2.73 bits per heavy atom. The number of carbonyl (C=O) groups is 1. The van der Waals surface area contributed by atoms with Crippen molar-refractivity contribution in [3.05, 3.63) is 47.3 Å². The first-order chi connectivity index (χ1) is 10.4. The summed E-state index contributed by atoms with van der Waals surface area (Å²) in [7, 11) is 1.78. The van der Waals surface area contributed by atoms with Crippen molar-refractivity contribution in [3.63, 3.8) is 0 Å². The highest BCUT2D eigenvalue weighted by molar-refractivity contribution is 5.92. The zero-order chi connectivity index (χ0) is 15.9. The second kappa shape index (κ2) is 5.01. The minimum absolute atomic E-state index is 0.0357. The van der Waals surface area contributed by atoms with Gasteiger partial charge < -0.3 is 19.4 Å². The summed E-state index contributed by atoms with van der Waals surface area (Å²) in [5.41, 5.74) is 1.86. The molecule has 5 nitrogen and oxygen atoms in total. The van der Waals surface area contributed by atoms with E-state index in [1.807, 2.05) is 13.0 Å². The predicted octanol–water partition coefficient (Wildman–Crippen LogP) is 2.59. The second-order valence-electron chi connectivity index (χ2n) is 5.01. The third-order valence-corrected chi connectivity index (χ3v) is 3.55. The molecule has 1 aliphatic rings. The van der Waals surface area contributed by atoms with Crippen LogP contribution in [-0.4, -0.2) is 16.8 Å². The van der Waals surface area contributed by atoms with Crippen LogP contribution in [0, 0.1) is 6.92 Å². The molecule has 1 amide bonds. The molecule has 0 fully saturated rings. The molecule has 7 heteroatoms. The van der Waals surface area contributed by atoms with Crippen molar-refractivity contribution < 1.29 is 23.0 Å². The lowest BCUT2D eigenvalue weighted by molar-refractivity contribution is -0.286. The molecule has 116 valence electrons. The van der Waals surface area contributed by atoms with Crippen LogP contribution in [0.2, 0.25) is 0 Å². The molecule has 1 aromatic carbocycles. The number of fused-ring (bicyclic) bond motifs is 1. The quantitative estimate of drug-likeness (QED) is 0.948. The zero-order valence-electron chi connectivity index (χ0n) is 12.0. The molecule has 0 bridgehead atoms. The van der Waals surface area contributed by atoms with E-state index in [1.54, 1.807) is 29.8 Å². The predicted molar refractivity (Wildman–Crippen MR) is 74.0 cm³/mol. The Hall–Kier alpha value is -2.57. The van der Waals surface area contributed by atoms with Crippen LogP contribution in [0.5, 0.6) is 11.5 Å². The van der Waals surface area contributed by atoms with Gasteiger partial charge in [0.25, 0.3) is 5.91 Å². The Morgan fingerprint density at radius 1 is 1.27 bits per heavy atom. The number of carbonyl (C=O) groups excluding carboxylic acids is 1. The molecule has 0 aliphatic carbocycles. The van der Waals surface area contributed by atoms with Crippen molar-refractivity contribution in [2.24, 2.45) is 7.05 Å². The molecular weight excluding hydrogens is 294 g/mol. The molecule has 1 aliphatic heterocycles. The van der Waals surface area contributed by atoms with E-state index in [9.17, 15) is 13.6 Å². The maximum atomic E-state index is 13.1. The van der Waals surface area contributed by atoms with E-state index in [-0.39, 0.29) is 24.0 Å². The highest BCUT2D eigenvalue weighted by Crippen LogP contribution is 2.43. The van der Waals surface area contributed by atoms with Gasteiger partial charge in [0, 0.05) is 24.8 Å². The summed E-state index contributed by atoms with van der Waals surface area (Å²) in [5.74, 6) is -0.374. The van der Waals surface area contributed by atoms with Crippen LogP contribution in [-0.2, 0) is 13.6 Å². The number of aryl methyl sites for hydroxylation is 1. The number of para-hydroxylation sites is 1. The number of ether oxygens (including phenoxy) is 2. The van der Waals surface area contributed by atoms with E-state index in [0.29, 0.717) is 11.3 Å². The minimum atomic E-state index is -3.67. The summed E-state index contributed by atoms with van der Waals surface area (Å²) in [4.78, 5) is 12.1. The lowest BCUT2D eigenvalue weighted by Crippen LogP contribution is -2.27. The maximum Gasteiger partial charge on any atom is 0.586 e. The Bertz CT molecular complexity index is 740. The van der Waals surface area contributed by atoms with Gasteiger partial charge >= 0.3 is 6.29 Å². The first-order valence-electron chi connectivity index (χ1n) is 6.65. The third-order valence-electron chi connectivity index (χ3n) is 3.55. The fraction of sp³-hybridized carbons (Fsp3) is 0.267. The Kier molecular flexibility index (Phi) is 3.27. The molecular formula is C15H14F2N2O3. The topological polar surface area (TPSA) is 52.5 Å². The summed E-state index contributed by atoms with van der Waals surface area (Å²) in [6, 6.07) is 8.08. The lowest BCUT2D eigenvalue weighted by atomic mass is 10.2. The number of amides is 1. The molecule has 0 saturated carbocycles. The molecule has 1 N–H and O–H groups in total. The Morgan fingerprint density at radius 2 is 2.05 bits per heavy atom. The van der Waals surface area contributed by atoms with Crippen molar-refractivity contribution in [1.29, 1.82) is 0 Å². The number of hydrogen-bond acceptors (Lipinski definition) is 3. The van der Waals surface area contributed by atoms with E-state index in [1.165, 1.54) is 6.07 Å². The number of rotatable bonds is 3. The summed E-state index contributed by atoms with van der Waals surface area (Å²) in [5, 5.41) is 2.69. The van der Waals surface area contributed by atoms with E-state index in [2.05, 4.69) is 14.8 Å². The van der Waals surface area contributed by atoms with E-state index in [4.69, 9.17) is 0 Å². The Labute approximate surface area is 125 Å². The normalized spacial score (nSPS) is 14.9. The maximum absolute atomic E-state index is 13.1. The van der Waals surface area contributed by atoms with Gasteiger partial charge in [-0.2, -0.15) is 0 Å². The van der Waals surface area contributed by atoms with E-state index >= 15 is 0 Å². The fourth-order valence-electron chi connectivity index (χ4n) is 2.27. The smallest absolute Gasteiger partial charge is 0.395 e. The number of hydrogen-bond donors (Lipinski definition) is 1. The van der Waals surface area contributed by atoms with Crippen LogP contribution in [0.3, 0.4) is 0 Å². The summed E-state index contributed by atoms with van der Waals surface area (Å²) < 4.78 is 36.8. The van der Waals surface area contributed by atoms with Crippen LogP contribution >= 0.6 is 0 Å². The van der Waals surface area contributed by atoms with Gasteiger partial charge in [0.05, 0.1) is 0 Å². The lowest BCUT2D eigenvalue weighted by Gasteiger charge is -2.09. The van der Waals surface area contributed by atoms with Crippen molar-refractivity contribution in [3.8, 4) is 11.5 Å². The summed E-state index contributed by atoms with van der Waals surface area (Å²) >= 11 is 0. The van der Waals surface area contributed by atoms with Crippen LogP contribution in [0.25, 0.3) is 0 Å². The molecule has 0 radical (unpaired) electrons. The van der Waals surface area contributed by atoms with Gasteiger partial charge in [0.1, 0.15) is 5.69 Å². The number of alkyl halides is 2. The van der Waals surface area contributed by atoms with Gasteiger partial charge in [0.2, 0.25) is 0 Å². The number of nitrogens with one attached hydrogen (secondary N) is 1. The van der Waals surface area contributed by atoms with Gasteiger partial charge in [-0.1, -0.05) is 12.1 Å². The number of aromatic nitrogens is 1. The van der Waals surface area contributed by atoms with Crippen molar-refractivity contribution in [1.82, 2.24) is 9.88 Å². The molecule has 3 rings (SSSR count). The SMILES string of the molecule is Cc1ccc(C(=O)NCc2cccc3c2OC(F)(F)O3)n1C. The Balaban J connectivity index is 1.75. The molecule has 0 saturated heterocycles. The molecule has 2 heterocycles. The van der Waals surface area contributed by atoms with E-state index < -0.39 is 6.29 Å². The van der Waals surface area contributed by atoms with Crippen molar-refractivity contribution in [2.45, 2.75) is 19.8 Å². The molecule has 0 spiro atoms. The van der Waals surface area contributed by atoms with Crippen molar-refractivity contribution >= 4 is 5.91 Å². The van der Waals surface area contributed by atoms with Gasteiger partial charge in [-0.05, 0) is 25.1 Å². The monoisotopic (exact) mass is 308 g/mol. The number of nitrogens with zero attached hydrogens (tertiary/aromatic N) is 1. The minimum Gasteiger partial charge on any atom is -0.395 e. The fourth-order valence-corrected chi connectivity index (χ4v) is 2.27. The molecule has 1 aromatic heterocycles. The van der Waals surface area contributed by atoms with Crippen LogP contribution in [0.4, 0.5) is 8.78 Å². The summed E-state index contributed by atoms with van der Waals surface area (Å²) in [6.45, 7) is 1.94. The number of benzene rings is 1. The zero-order valence-corrected chi connectivity index (χ0v) is 12.0. The van der Waals surface area contributed by atoms with E-state index in [0.717, 1.165) is 5.69 Å².